The van der Waals surface area contributed by atoms with Crippen LogP contribution < -0.4 is 5.32 Å². The fourth-order valence-corrected chi connectivity index (χ4v) is 2.28. The molecule has 2 nitrogen and oxygen atoms in total. The fraction of sp³-hybridized carbons (Fsp3) is 1.00. The van der Waals surface area contributed by atoms with E-state index in [0.29, 0.717) is 12.0 Å². The molecule has 0 spiro atoms. The molecule has 2 rings (SSSR count). The van der Waals surface area contributed by atoms with Gasteiger partial charge in [-0.2, -0.15) is 0 Å². The van der Waals surface area contributed by atoms with Crippen LogP contribution in [0.25, 0.3) is 0 Å². The molecule has 0 heterocycles. The van der Waals surface area contributed by atoms with Gasteiger partial charge < -0.3 is 10.4 Å². The highest BCUT2D eigenvalue weighted by atomic mass is 16.3. The van der Waals surface area contributed by atoms with Gasteiger partial charge in [0.25, 0.3) is 0 Å². The van der Waals surface area contributed by atoms with Crippen molar-refractivity contribution in [1.29, 1.82) is 0 Å². The van der Waals surface area contributed by atoms with E-state index in [1.54, 1.807) is 0 Å². The molecule has 0 aromatic rings. The van der Waals surface area contributed by atoms with Crippen molar-refractivity contribution in [2.75, 3.05) is 6.54 Å². The number of hydrogen-bond donors (Lipinski definition) is 2. The van der Waals surface area contributed by atoms with Gasteiger partial charge in [0.2, 0.25) is 0 Å². The van der Waals surface area contributed by atoms with E-state index in [-0.39, 0.29) is 6.10 Å². The van der Waals surface area contributed by atoms with E-state index in [1.165, 1.54) is 38.5 Å². The molecule has 2 unspecified atom stereocenters. The van der Waals surface area contributed by atoms with Gasteiger partial charge in [0, 0.05) is 12.6 Å². The minimum absolute atomic E-state index is 0.0844. The van der Waals surface area contributed by atoms with Crippen molar-refractivity contribution in [2.24, 2.45) is 11.8 Å². The number of aliphatic hydroxyl groups excluding tert-OH is 1. The van der Waals surface area contributed by atoms with Crippen LogP contribution in [0.15, 0.2) is 0 Å². The maximum atomic E-state index is 9.68. The van der Waals surface area contributed by atoms with Crippen LogP contribution in [0.4, 0.5) is 0 Å². The average molecular weight is 197 g/mol. The first kappa shape index (κ1) is 10.4. The normalized spacial score (nSPS) is 27.0. The van der Waals surface area contributed by atoms with E-state index in [0.717, 1.165) is 12.5 Å². The van der Waals surface area contributed by atoms with Crippen LogP contribution in [0.5, 0.6) is 0 Å². The molecule has 2 aliphatic carbocycles. The zero-order chi connectivity index (χ0) is 9.97. The fourth-order valence-electron chi connectivity index (χ4n) is 2.28. The highest BCUT2D eigenvalue weighted by molar-refractivity contribution is 4.83. The monoisotopic (exact) mass is 197 g/mol. The third-order valence-electron chi connectivity index (χ3n) is 3.75. The molecule has 0 aromatic carbocycles. The van der Waals surface area contributed by atoms with E-state index in [4.69, 9.17) is 0 Å². The van der Waals surface area contributed by atoms with Crippen LogP contribution in [0.2, 0.25) is 0 Å². The number of hydrogen-bond acceptors (Lipinski definition) is 2. The van der Waals surface area contributed by atoms with Gasteiger partial charge >= 0.3 is 0 Å². The summed E-state index contributed by atoms with van der Waals surface area (Å²) in [5, 5.41) is 13.1. The molecule has 2 heteroatoms. The summed E-state index contributed by atoms with van der Waals surface area (Å²) in [5.41, 5.74) is 0. The first-order valence-corrected chi connectivity index (χ1v) is 6.17. The summed E-state index contributed by atoms with van der Waals surface area (Å²) in [5.74, 6) is 1.58. The Labute approximate surface area is 87.1 Å². The van der Waals surface area contributed by atoms with Crippen LogP contribution >= 0.6 is 0 Å². The Hall–Kier alpha value is -0.0800. The first-order chi connectivity index (χ1) is 6.75. The second-order valence-electron chi connectivity index (χ2n) is 5.25. The summed E-state index contributed by atoms with van der Waals surface area (Å²) in [7, 11) is 0. The number of nitrogens with one attached hydrogen (secondary N) is 1. The highest BCUT2D eigenvalue weighted by Crippen LogP contribution is 2.33. The summed E-state index contributed by atoms with van der Waals surface area (Å²) in [6.07, 6.45) is 7.98. The Morgan fingerprint density at radius 2 is 2.00 bits per heavy atom. The van der Waals surface area contributed by atoms with Crippen molar-refractivity contribution in [2.45, 2.75) is 57.6 Å². The molecule has 2 atom stereocenters. The van der Waals surface area contributed by atoms with Crippen LogP contribution in [0.1, 0.15) is 45.4 Å². The molecule has 2 aliphatic rings. The lowest BCUT2D eigenvalue weighted by molar-refractivity contribution is 0.141. The Kier molecular flexibility index (Phi) is 3.45. The topological polar surface area (TPSA) is 32.3 Å². The standard InChI is InChI=1S/C12H23NO/c1-9(7-10-3-2-4-10)13-8-12(14)11-5-6-11/h9-14H,2-8H2,1H3. The third kappa shape index (κ3) is 2.96. The predicted molar refractivity (Wildman–Crippen MR) is 58.2 cm³/mol. The maximum Gasteiger partial charge on any atom is 0.0692 e. The largest absolute Gasteiger partial charge is 0.392 e. The molecule has 14 heavy (non-hydrogen) atoms. The van der Waals surface area contributed by atoms with E-state index >= 15 is 0 Å². The van der Waals surface area contributed by atoms with Gasteiger partial charge in [-0.05, 0) is 38.0 Å². The lowest BCUT2D eigenvalue weighted by Crippen LogP contribution is -2.36. The molecule has 0 bridgehead atoms. The second-order valence-corrected chi connectivity index (χ2v) is 5.25. The van der Waals surface area contributed by atoms with Gasteiger partial charge in [-0.1, -0.05) is 19.3 Å². The Bertz CT molecular complexity index is 175. The summed E-state index contributed by atoms with van der Waals surface area (Å²) >= 11 is 0. The van der Waals surface area contributed by atoms with Crippen molar-refractivity contribution in [3.63, 3.8) is 0 Å². The SMILES string of the molecule is CC(CC1CCC1)NCC(O)C1CC1. The lowest BCUT2D eigenvalue weighted by Gasteiger charge is -2.29. The quantitative estimate of drug-likeness (QED) is 0.682. The van der Waals surface area contributed by atoms with Gasteiger partial charge in [0.1, 0.15) is 0 Å². The molecule has 82 valence electrons. The zero-order valence-electron chi connectivity index (χ0n) is 9.21. The van der Waals surface area contributed by atoms with Gasteiger partial charge in [0.05, 0.1) is 6.10 Å². The van der Waals surface area contributed by atoms with Crippen LogP contribution in [0.3, 0.4) is 0 Å². The van der Waals surface area contributed by atoms with Crippen molar-refractivity contribution in [1.82, 2.24) is 5.32 Å². The maximum absolute atomic E-state index is 9.68. The first-order valence-electron chi connectivity index (χ1n) is 6.17. The van der Waals surface area contributed by atoms with Crippen LogP contribution in [0, 0.1) is 11.8 Å². The van der Waals surface area contributed by atoms with E-state index in [9.17, 15) is 5.11 Å². The molecule has 0 aromatic heterocycles. The predicted octanol–water partition coefficient (Wildman–Crippen LogP) is 1.93. The summed E-state index contributed by atoms with van der Waals surface area (Å²) < 4.78 is 0. The number of aliphatic hydroxyl groups is 1. The van der Waals surface area contributed by atoms with Gasteiger partial charge in [-0.15, -0.1) is 0 Å². The average Bonchev–Trinajstić information content (AvgIpc) is 2.90. The van der Waals surface area contributed by atoms with E-state index in [2.05, 4.69) is 12.2 Å². The van der Waals surface area contributed by atoms with Crippen molar-refractivity contribution >= 4 is 0 Å². The van der Waals surface area contributed by atoms with Gasteiger partial charge in [-0.3, -0.25) is 0 Å². The van der Waals surface area contributed by atoms with Crippen molar-refractivity contribution in [3.05, 3.63) is 0 Å². The molecular weight excluding hydrogens is 174 g/mol. The molecule has 0 amide bonds. The lowest BCUT2D eigenvalue weighted by atomic mass is 9.81. The summed E-state index contributed by atoms with van der Waals surface area (Å²) in [6, 6.07) is 0.591. The van der Waals surface area contributed by atoms with Gasteiger partial charge in [-0.25, -0.2) is 0 Å². The number of rotatable bonds is 6. The van der Waals surface area contributed by atoms with Gasteiger partial charge in [0.15, 0.2) is 0 Å². The Morgan fingerprint density at radius 3 is 2.50 bits per heavy atom. The van der Waals surface area contributed by atoms with Crippen molar-refractivity contribution in [3.8, 4) is 0 Å². The minimum atomic E-state index is -0.0844. The van der Waals surface area contributed by atoms with E-state index in [1.807, 2.05) is 0 Å². The molecule has 2 fully saturated rings. The molecule has 0 radical (unpaired) electrons. The smallest absolute Gasteiger partial charge is 0.0692 e. The molecular formula is C12H23NO. The zero-order valence-corrected chi connectivity index (χ0v) is 9.21. The third-order valence-corrected chi connectivity index (χ3v) is 3.75. The summed E-state index contributed by atoms with van der Waals surface area (Å²) in [4.78, 5) is 0. The molecule has 2 saturated carbocycles. The van der Waals surface area contributed by atoms with Crippen LogP contribution in [-0.4, -0.2) is 23.8 Å². The molecule has 0 saturated heterocycles. The highest BCUT2D eigenvalue weighted by Gasteiger charge is 2.29. The molecule has 2 N–H and O–H groups in total. The summed E-state index contributed by atoms with van der Waals surface area (Å²) in [6.45, 7) is 3.05. The Morgan fingerprint density at radius 1 is 1.29 bits per heavy atom. The molecule has 0 aliphatic heterocycles. The second kappa shape index (κ2) is 4.63. The minimum Gasteiger partial charge on any atom is -0.392 e. The van der Waals surface area contributed by atoms with Crippen LogP contribution in [-0.2, 0) is 0 Å². The Balaban J connectivity index is 1.54. The van der Waals surface area contributed by atoms with E-state index < -0.39 is 0 Å². The van der Waals surface area contributed by atoms with Crippen molar-refractivity contribution < 1.29 is 5.11 Å².